The second kappa shape index (κ2) is 3.50. The molecular formula is C12H15FN2O. The summed E-state index contributed by atoms with van der Waals surface area (Å²) in [6.07, 6.45) is 4.32. The van der Waals surface area contributed by atoms with Crippen LogP contribution in [0.3, 0.4) is 0 Å². The van der Waals surface area contributed by atoms with E-state index in [4.69, 9.17) is 0 Å². The Balaban J connectivity index is 2.01. The summed E-state index contributed by atoms with van der Waals surface area (Å²) in [7, 11) is 0. The summed E-state index contributed by atoms with van der Waals surface area (Å²) >= 11 is 0. The summed E-state index contributed by atoms with van der Waals surface area (Å²) in [6, 6.07) is 1.61. The van der Waals surface area contributed by atoms with Crippen LogP contribution >= 0.6 is 0 Å². The maximum absolute atomic E-state index is 13.7. The molecule has 1 N–H and O–H groups in total. The highest BCUT2D eigenvalue weighted by Crippen LogP contribution is 2.43. The first kappa shape index (κ1) is 10.2. The van der Waals surface area contributed by atoms with E-state index < -0.39 is 5.60 Å². The van der Waals surface area contributed by atoms with Gasteiger partial charge in [-0.1, -0.05) is 0 Å². The molecular weight excluding hydrogens is 207 g/mol. The molecule has 0 spiro atoms. The summed E-state index contributed by atoms with van der Waals surface area (Å²) < 4.78 is 13.7. The largest absolute Gasteiger partial charge is 0.385 e. The molecule has 3 atom stereocenters. The van der Waals surface area contributed by atoms with Crippen LogP contribution in [0.25, 0.3) is 0 Å². The van der Waals surface area contributed by atoms with Crippen molar-refractivity contribution < 1.29 is 9.50 Å². The molecule has 0 aliphatic carbocycles. The van der Waals surface area contributed by atoms with Crippen LogP contribution in [-0.4, -0.2) is 34.6 Å². The minimum atomic E-state index is -0.986. The zero-order valence-corrected chi connectivity index (χ0v) is 9.06. The average molecular weight is 222 g/mol. The van der Waals surface area contributed by atoms with Gasteiger partial charge in [0, 0.05) is 30.8 Å². The Bertz CT molecular complexity index is 412. The van der Waals surface area contributed by atoms with Crippen molar-refractivity contribution in [3.63, 3.8) is 0 Å². The van der Waals surface area contributed by atoms with Crippen LogP contribution in [0.2, 0.25) is 0 Å². The van der Waals surface area contributed by atoms with Crippen molar-refractivity contribution in [3.8, 4) is 0 Å². The Morgan fingerprint density at radius 3 is 3.19 bits per heavy atom. The van der Waals surface area contributed by atoms with Gasteiger partial charge in [-0.2, -0.15) is 0 Å². The van der Waals surface area contributed by atoms with E-state index in [0.717, 1.165) is 26.1 Å². The summed E-state index contributed by atoms with van der Waals surface area (Å²) in [4.78, 5) is 6.07. The first-order valence-electron chi connectivity index (χ1n) is 5.75. The molecule has 2 fully saturated rings. The van der Waals surface area contributed by atoms with Gasteiger partial charge in [-0.15, -0.1) is 0 Å². The Morgan fingerprint density at radius 1 is 1.50 bits per heavy atom. The predicted molar refractivity (Wildman–Crippen MR) is 57.3 cm³/mol. The molecule has 3 unspecified atom stereocenters. The van der Waals surface area contributed by atoms with Gasteiger partial charge >= 0.3 is 0 Å². The quantitative estimate of drug-likeness (QED) is 0.774. The first-order valence-corrected chi connectivity index (χ1v) is 5.75. The lowest BCUT2D eigenvalue weighted by Crippen LogP contribution is -2.44. The van der Waals surface area contributed by atoms with Gasteiger partial charge in [0.25, 0.3) is 0 Å². The van der Waals surface area contributed by atoms with E-state index in [1.54, 1.807) is 12.3 Å². The topological polar surface area (TPSA) is 36.4 Å². The molecule has 0 radical (unpaired) electrons. The van der Waals surface area contributed by atoms with Crippen LogP contribution in [-0.2, 0) is 5.60 Å². The van der Waals surface area contributed by atoms with E-state index in [-0.39, 0.29) is 11.7 Å². The second-order valence-corrected chi connectivity index (χ2v) is 4.82. The molecule has 1 aromatic heterocycles. The van der Waals surface area contributed by atoms with Gasteiger partial charge in [0.1, 0.15) is 5.82 Å². The number of pyridine rings is 1. The number of hydrogen-bond donors (Lipinski definition) is 1. The van der Waals surface area contributed by atoms with Crippen molar-refractivity contribution in [2.24, 2.45) is 5.92 Å². The van der Waals surface area contributed by atoms with Crippen LogP contribution in [0.5, 0.6) is 0 Å². The van der Waals surface area contributed by atoms with Gasteiger partial charge in [0.2, 0.25) is 0 Å². The molecule has 2 saturated heterocycles. The van der Waals surface area contributed by atoms with Gasteiger partial charge in [0.15, 0.2) is 0 Å². The minimum absolute atomic E-state index is 0.165. The number of halogens is 1. The van der Waals surface area contributed by atoms with Crippen molar-refractivity contribution in [1.82, 2.24) is 9.88 Å². The standard InChI is InChI=1S/C12H15FN2O/c13-11-7-14-4-1-10(11)12(16)3-6-15-5-2-9(12)8-15/h1,4,7,9,16H,2-3,5-6,8H2. The van der Waals surface area contributed by atoms with E-state index in [1.165, 1.54) is 6.20 Å². The Kier molecular flexibility index (Phi) is 2.23. The third-order valence-electron chi connectivity index (χ3n) is 4.00. The van der Waals surface area contributed by atoms with Crippen LogP contribution in [0.15, 0.2) is 18.5 Å². The Hall–Kier alpha value is -1.00. The molecule has 3 heterocycles. The monoisotopic (exact) mass is 222 g/mol. The van der Waals surface area contributed by atoms with Crippen molar-refractivity contribution in [3.05, 3.63) is 29.8 Å². The molecule has 2 aliphatic heterocycles. The van der Waals surface area contributed by atoms with Crippen LogP contribution < -0.4 is 0 Å². The zero-order valence-electron chi connectivity index (χ0n) is 9.06. The SMILES string of the molecule is OC1(c2ccncc2F)CCN2CCC1C2. The second-order valence-electron chi connectivity index (χ2n) is 4.82. The maximum Gasteiger partial charge on any atom is 0.147 e. The Labute approximate surface area is 93.9 Å². The molecule has 2 aliphatic rings. The van der Waals surface area contributed by atoms with Gasteiger partial charge in [-0.3, -0.25) is 4.98 Å². The van der Waals surface area contributed by atoms with Crippen molar-refractivity contribution in [2.45, 2.75) is 18.4 Å². The summed E-state index contributed by atoms with van der Waals surface area (Å²) in [5.41, 5.74) is -0.561. The lowest BCUT2D eigenvalue weighted by atomic mass is 9.77. The summed E-state index contributed by atoms with van der Waals surface area (Å²) in [5.74, 6) is -0.219. The number of aliphatic hydroxyl groups is 1. The fraction of sp³-hybridized carbons (Fsp3) is 0.583. The number of aromatic nitrogens is 1. The first-order chi connectivity index (χ1) is 7.70. The van der Waals surface area contributed by atoms with Gasteiger partial charge in [-0.25, -0.2) is 4.39 Å². The lowest BCUT2D eigenvalue weighted by Gasteiger charge is -2.39. The predicted octanol–water partition coefficient (Wildman–Crippen LogP) is 1.13. The van der Waals surface area contributed by atoms with E-state index >= 15 is 0 Å². The molecule has 0 amide bonds. The molecule has 86 valence electrons. The average Bonchev–Trinajstić information content (AvgIpc) is 2.70. The fourth-order valence-electron chi connectivity index (χ4n) is 3.04. The molecule has 0 aromatic carbocycles. The summed E-state index contributed by atoms with van der Waals surface area (Å²) in [5, 5.41) is 10.7. The van der Waals surface area contributed by atoms with E-state index in [1.807, 2.05) is 0 Å². The molecule has 2 bridgehead atoms. The molecule has 3 rings (SSSR count). The third kappa shape index (κ3) is 1.37. The highest BCUT2D eigenvalue weighted by atomic mass is 19.1. The number of fused-ring (bicyclic) bond motifs is 2. The number of piperidine rings is 1. The van der Waals surface area contributed by atoms with Crippen LogP contribution in [0.1, 0.15) is 18.4 Å². The highest BCUT2D eigenvalue weighted by molar-refractivity contribution is 5.24. The lowest BCUT2D eigenvalue weighted by molar-refractivity contribution is -0.0528. The maximum atomic E-state index is 13.7. The number of rotatable bonds is 1. The van der Waals surface area contributed by atoms with E-state index in [0.29, 0.717) is 12.0 Å². The number of hydrogen-bond acceptors (Lipinski definition) is 3. The van der Waals surface area contributed by atoms with Crippen molar-refractivity contribution >= 4 is 0 Å². The van der Waals surface area contributed by atoms with Gasteiger partial charge in [0.05, 0.1) is 11.8 Å². The zero-order chi connectivity index (χ0) is 11.2. The van der Waals surface area contributed by atoms with Crippen LogP contribution in [0, 0.1) is 11.7 Å². The smallest absolute Gasteiger partial charge is 0.147 e. The van der Waals surface area contributed by atoms with Crippen LogP contribution in [0.4, 0.5) is 4.39 Å². The third-order valence-corrected chi connectivity index (χ3v) is 4.00. The van der Waals surface area contributed by atoms with Crippen molar-refractivity contribution in [2.75, 3.05) is 19.6 Å². The van der Waals surface area contributed by atoms with Crippen molar-refractivity contribution in [1.29, 1.82) is 0 Å². The fourth-order valence-corrected chi connectivity index (χ4v) is 3.04. The molecule has 1 aromatic rings. The van der Waals surface area contributed by atoms with Gasteiger partial charge < -0.3 is 10.0 Å². The molecule has 0 saturated carbocycles. The van der Waals surface area contributed by atoms with E-state index in [2.05, 4.69) is 9.88 Å². The Morgan fingerprint density at radius 2 is 2.38 bits per heavy atom. The highest BCUT2D eigenvalue weighted by Gasteiger charge is 2.47. The normalized spacial score (nSPS) is 37.6. The number of nitrogens with zero attached hydrogens (tertiary/aromatic N) is 2. The molecule has 3 nitrogen and oxygen atoms in total. The van der Waals surface area contributed by atoms with E-state index in [9.17, 15) is 9.50 Å². The molecule has 4 heteroatoms. The van der Waals surface area contributed by atoms with Gasteiger partial charge in [-0.05, 0) is 25.5 Å². The summed E-state index contributed by atoms with van der Waals surface area (Å²) in [6.45, 7) is 2.77. The molecule has 16 heavy (non-hydrogen) atoms. The minimum Gasteiger partial charge on any atom is -0.385 e.